The lowest BCUT2D eigenvalue weighted by molar-refractivity contribution is 0.0747. The summed E-state index contributed by atoms with van der Waals surface area (Å²) in [5.41, 5.74) is 0. The minimum Gasteiger partial charge on any atom is -0.373 e. The molecule has 1 N–H and O–H groups in total. The Morgan fingerprint density at radius 2 is 2.36 bits per heavy atom. The van der Waals surface area contributed by atoms with Crippen LogP contribution in [0.2, 0.25) is 0 Å². The number of hydrogen-bond acceptors (Lipinski definition) is 2. The molecule has 3 aliphatic rings. The fraction of sp³-hybridized carbons (Fsp3) is 0.900. The number of amides is 2. The van der Waals surface area contributed by atoms with Gasteiger partial charge < -0.3 is 15.0 Å². The van der Waals surface area contributed by atoms with Crippen molar-refractivity contribution in [3.05, 3.63) is 0 Å². The van der Waals surface area contributed by atoms with E-state index in [1.807, 2.05) is 4.90 Å². The maximum Gasteiger partial charge on any atom is 0.317 e. The lowest BCUT2D eigenvalue weighted by atomic mass is 9.94. The van der Waals surface area contributed by atoms with Crippen LogP contribution in [0.5, 0.6) is 0 Å². The molecule has 3 unspecified atom stereocenters. The molecule has 2 bridgehead atoms. The van der Waals surface area contributed by atoms with Gasteiger partial charge in [-0.1, -0.05) is 0 Å². The zero-order valence-electron chi connectivity index (χ0n) is 8.24. The van der Waals surface area contributed by atoms with Crippen molar-refractivity contribution in [3.63, 3.8) is 0 Å². The first kappa shape index (κ1) is 8.53. The topological polar surface area (TPSA) is 41.6 Å². The van der Waals surface area contributed by atoms with Crippen molar-refractivity contribution < 1.29 is 9.53 Å². The molecule has 4 heteroatoms. The number of nitrogens with one attached hydrogen (secondary N) is 1. The molecule has 14 heavy (non-hydrogen) atoms. The van der Waals surface area contributed by atoms with E-state index in [0.717, 1.165) is 32.4 Å². The highest BCUT2D eigenvalue weighted by Gasteiger charge is 2.45. The third-order valence-corrected chi connectivity index (χ3v) is 3.59. The Kier molecular flexibility index (Phi) is 1.90. The van der Waals surface area contributed by atoms with Gasteiger partial charge in [-0.25, -0.2) is 4.79 Å². The summed E-state index contributed by atoms with van der Waals surface area (Å²) in [5, 5.41) is 2.90. The molecule has 3 fully saturated rings. The molecule has 3 aliphatic heterocycles. The van der Waals surface area contributed by atoms with E-state index in [9.17, 15) is 4.79 Å². The van der Waals surface area contributed by atoms with E-state index in [1.165, 1.54) is 6.42 Å². The first-order valence-corrected chi connectivity index (χ1v) is 5.54. The van der Waals surface area contributed by atoms with Crippen LogP contribution in [-0.4, -0.2) is 42.3 Å². The van der Waals surface area contributed by atoms with Gasteiger partial charge in [-0.3, -0.25) is 0 Å². The second-order valence-electron chi connectivity index (χ2n) is 4.46. The first-order chi connectivity index (χ1) is 6.84. The number of nitrogens with zero attached hydrogens (tertiary/aromatic N) is 1. The van der Waals surface area contributed by atoms with Crippen molar-refractivity contribution in [2.45, 2.75) is 43.9 Å². The Morgan fingerprint density at radius 1 is 1.43 bits per heavy atom. The third kappa shape index (κ3) is 1.21. The molecule has 4 nitrogen and oxygen atoms in total. The quantitative estimate of drug-likeness (QED) is 0.671. The summed E-state index contributed by atoms with van der Waals surface area (Å²) >= 11 is 0. The molecule has 0 radical (unpaired) electrons. The number of fused-ring (bicyclic) bond motifs is 2. The fourth-order valence-electron chi connectivity index (χ4n) is 2.90. The lowest BCUT2D eigenvalue weighted by Gasteiger charge is -2.35. The summed E-state index contributed by atoms with van der Waals surface area (Å²) in [7, 11) is 0. The maximum absolute atomic E-state index is 11.6. The van der Waals surface area contributed by atoms with Crippen LogP contribution in [0.3, 0.4) is 0 Å². The van der Waals surface area contributed by atoms with Crippen LogP contribution in [0.4, 0.5) is 4.79 Å². The van der Waals surface area contributed by atoms with E-state index in [4.69, 9.17) is 4.74 Å². The van der Waals surface area contributed by atoms with Gasteiger partial charge in [-0.2, -0.15) is 0 Å². The van der Waals surface area contributed by atoms with E-state index in [0.29, 0.717) is 18.2 Å². The van der Waals surface area contributed by atoms with Crippen LogP contribution in [0.1, 0.15) is 25.7 Å². The second-order valence-corrected chi connectivity index (χ2v) is 4.46. The molecular weight excluding hydrogens is 180 g/mol. The number of hydrogen-bond donors (Lipinski definition) is 1. The standard InChI is InChI=1S/C10H16N2O2/c13-10-11-4-1-5-12(10)8-6-7-2-3-9(8)14-7/h7-9H,1-6H2,(H,11,13). The molecule has 2 amide bonds. The van der Waals surface area contributed by atoms with Gasteiger partial charge in [0, 0.05) is 13.1 Å². The van der Waals surface area contributed by atoms with Gasteiger partial charge in [0.15, 0.2) is 0 Å². The zero-order valence-corrected chi connectivity index (χ0v) is 8.24. The van der Waals surface area contributed by atoms with E-state index in [1.54, 1.807) is 0 Å². The molecule has 78 valence electrons. The van der Waals surface area contributed by atoms with E-state index >= 15 is 0 Å². The molecule has 0 spiro atoms. The molecule has 0 aromatic carbocycles. The Labute approximate surface area is 83.6 Å². The molecule has 3 saturated heterocycles. The highest BCUT2D eigenvalue weighted by molar-refractivity contribution is 5.75. The van der Waals surface area contributed by atoms with Crippen molar-refractivity contribution in [3.8, 4) is 0 Å². The van der Waals surface area contributed by atoms with Crippen LogP contribution < -0.4 is 5.32 Å². The predicted molar refractivity (Wildman–Crippen MR) is 51.0 cm³/mol. The van der Waals surface area contributed by atoms with Crippen molar-refractivity contribution in [2.24, 2.45) is 0 Å². The van der Waals surface area contributed by atoms with Crippen molar-refractivity contribution in [1.29, 1.82) is 0 Å². The fourth-order valence-corrected chi connectivity index (χ4v) is 2.90. The van der Waals surface area contributed by atoms with Gasteiger partial charge in [0.2, 0.25) is 0 Å². The maximum atomic E-state index is 11.6. The predicted octanol–water partition coefficient (Wildman–Crippen LogP) is 0.722. The molecule has 0 saturated carbocycles. The van der Waals surface area contributed by atoms with Crippen molar-refractivity contribution >= 4 is 6.03 Å². The average Bonchev–Trinajstić information content (AvgIpc) is 2.79. The Balaban J connectivity index is 1.72. The average molecular weight is 196 g/mol. The number of urea groups is 1. The van der Waals surface area contributed by atoms with Crippen molar-refractivity contribution in [1.82, 2.24) is 10.2 Å². The largest absolute Gasteiger partial charge is 0.373 e. The second kappa shape index (κ2) is 3.12. The number of rotatable bonds is 1. The van der Waals surface area contributed by atoms with Gasteiger partial charge in [0.25, 0.3) is 0 Å². The number of carbonyl (C=O) groups excluding carboxylic acids is 1. The van der Waals surface area contributed by atoms with E-state index in [-0.39, 0.29) is 6.03 Å². The summed E-state index contributed by atoms with van der Waals surface area (Å²) in [5.74, 6) is 0. The number of carbonyl (C=O) groups is 1. The SMILES string of the molecule is O=C1NCCCN1C1CC2CCC1O2. The zero-order chi connectivity index (χ0) is 9.54. The Morgan fingerprint density at radius 3 is 3.00 bits per heavy atom. The first-order valence-electron chi connectivity index (χ1n) is 5.54. The number of ether oxygens (including phenoxy) is 1. The van der Waals surface area contributed by atoms with Crippen LogP contribution in [0.15, 0.2) is 0 Å². The molecule has 0 aliphatic carbocycles. The van der Waals surface area contributed by atoms with Gasteiger partial charge >= 0.3 is 6.03 Å². The van der Waals surface area contributed by atoms with E-state index < -0.39 is 0 Å². The summed E-state index contributed by atoms with van der Waals surface area (Å²) in [6.07, 6.45) is 5.21. The lowest BCUT2D eigenvalue weighted by Crippen LogP contribution is -2.54. The molecule has 3 heterocycles. The molecule has 0 aromatic heterocycles. The summed E-state index contributed by atoms with van der Waals surface area (Å²) in [6, 6.07) is 0.464. The Hall–Kier alpha value is -0.770. The normalized spacial score (nSPS) is 41.6. The van der Waals surface area contributed by atoms with Gasteiger partial charge in [-0.15, -0.1) is 0 Å². The van der Waals surface area contributed by atoms with Crippen LogP contribution in [0, 0.1) is 0 Å². The third-order valence-electron chi connectivity index (χ3n) is 3.59. The minimum absolute atomic E-state index is 0.109. The molecule has 0 aromatic rings. The smallest absolute Gasteiger partial charge is 0.317 e. The van der Waals surface area contributed by atoms with Crippen LogP contribution in [0.25, 0.3) is 0 Å². The minimum atomic E-state index is 0.109. The van der Waals surface area contributed by atoms with Crippen LogP contribution >= 0.6 is 0 Å². The van der Waals surface area contributed by atoms with Gasteiger partial charge in [0.05, 0.1) is 18.2 Å². The van der Waals surface area contributed by atoms with E-state index in [2.05, 4.69) is 5.32 Å². The van der Waals surface area contributed by atoms with Crippen molar-refractivity contribution in [2.75, 3.05) is 13.1 Å². The van der Waals surface area contributed by atoms with Gasteiger partial charge in [-0.05, 0) is 25.7 Å². The summed E-state index contributed by atoms with van der Waals surface area (Å²) < 4.78 is 5.76. The summed E-state index contributed by atoms with van der Waals surface area (Å²) in [6.45, 7) is 1.74. The highest BCUT2D eigenvalue weighted by atomic mass is 16.5. The highest BCUT2D eigenvalue weighted by Crippen LogP contribution is 2.37. The van der Waals surface area contributed by atoms with Crippen LogP contribution in [-0.2, 0) is 4.74 Å². The Bertz CT molecular complexity index is 257. The monoisotopic (exact) mass is 196 g/mol. The summed E-state index contributed by atoms with van der Waals surface area (Å²) in [4.78, 5) is 13.6. The van der Waals surface area contributed by atoms with Gasteiger partial charge in [0.1, 0.15) is 0 Å². The molecule has 3 atom stereocenters. The molecule has 3 rings (SSSR count). The molecular formula is C10H16N2O2.